The number of aromatic hydroxyl groups is 1. The van der Waals surface area contributed by atoms with Crippen molar-refractivity contribution in [2.75, 3.05) is 18.5 Å². The van der Waals surface area contributed by atoms with E-state index in [2.05, 4.69) is 14.2 Å². The van der Waals surface area contributed by atoms with Crippen molar-refractivity contribution in [3.63, 3.8) is 0 Å². The predicted molar refractivity (Wildman–Crippen MR) is 217 cm³/mol. The zero-order valence-electron chi connectivity index (χ0n) is 31.2. The molecule has 6 rings (SSSR count). The number of thiocarbonyl (C=S) groups is 1. The molecule has 3 unspecified atom stereocenters. The van der Waals surface area contributed by atoms with Gasteiger partial charge in [-0.1, -0.05) is 37.5 Å². The summed E-state index contributed by atoms with van der Waals surface area (Å²) >= 11 is 5.50. The number of fused-ring (bicyclic) bond motifs is 2. The molecule has 0 saturated carbocycles. The van der Waals surface area contributed by atoms with Gasteiger partial charge in [0.15, 0.2) is 11.7 Å². The van der Waals surface area contributed by atoms with Crippen LogP contribution in [-0.2, 0) is 27.2 Å². The van der Waals surface area contributed by atoms with Crippen LogP contribution < -0.4 is 22.0 Å². The number of ether oxygens (including phenoxy) is 1. The molecule has 3 heterocycles. The molecule has 3 aliphatic rings. The molecule has 0 bridgehead atoms. The Morgan fingerprint density at radius 1 is 0.883 bits per heavy atom. The maximum Gasteiger partial charge on any atom is 0.481 e. The van der Waals surface area contributed by atoms with Crippen molar-refractivity contribution in [2.45, 2.75) is 63.1 Å². The summed E-state index contributed by atoms with van der Waals surface area (Å²) in [7, 11) is -10.4. The SMILES string of the molecule is O=C(O)c1cc(NC(=S)CCCCCCCOP(=O)(O)OP(=O)(O)OC[C@H]2O[C@@H](n3ccc(=O)[nH]c3=O)[C@@H](O)C2O)ccc1-c1c2ccc(=O)cc-2oc2cc(O)ccc12. The third-order valence-electron chi connectivity index (χ3n) is 9.35. The van der Waals surface area contributed by atoms with Crippen LogP contribution in [0.4, 0.5) is 5.69 Å². The number of hydrogen-bond acceptors (Lipinski definition) is 15. The highest BCUT2D eigenvalue weighted by Crippen LogP contribution is 2.60. The Labute approximate surface area is 344 Å². The van der Waals surface area contributed by atoms with E-state index in [1.54, 1.807) is 24.3 Å². The summed E-state index contributed by atoms with van der Waals surface area (Å²) in [5.74, 6) is -1.04. The van der Waals surface area contributed by atoms with Crippen LogP contribution in [0.2, 0.25) is 0 Å². The van der Waals surface area contributed by atoms with Gasteiger partial charge in [-0.3, -0.25) is 28.2 Å². The molecular formula is C37H39N3O17P2S. The van der Waals surface area contributed by atoms with Crippen LogP contribution in [0.3, 0.4) is 0 Å². The topological polar surface area (TPSA) is 307 Å². The lowest BCUT2D eigenvalue weighted by atomic mass is 9.90. The van der Waals surface area contributed by atoms with Gasteiger partial charge in [0.25, 0.3) is 5.56 Å². The first-order valence-electron chi connectivity index (χ1n) is 18.3. The van der Waals surface area contributed by atoms with Crippen molar-refractivity contribution in [3.05, 3.63) is 103 Å². The van der Waals surface area contributed by atoms with Gasteiger partial charge in [0.1, 0.15) is 35.4 Å². The molecule has 0 spiro atoms. The van der Waals surface area contributed by atoms with Gasteiger partial charge in [0, 0.05) is 46.6 Å². The number of benzene rings is 3. The number of aromatic nitrogens is 2. The summed E-state index contributed by atoms with van der Waals surface area (Å²) in [6.07, 6.45) is -2.09. The van der Waals surface area contributed by atoms with E-state index in [9.17, 15) is 58.5 Å². The fraction of sp³-hybridized carbons (Fsp3) is 0.324. The molecule has 23 heteroatoms. The lowest BCUT2D eigenvalue weighted by Crippen LogP contribution is -2.37. The Kier molecular flexibility index (Phi) is 14.0. The third kappa shape index (κ3) is 10.9. The van der Waals surface area contributed by atoms with Crippen LogP contribution in [-0.4, -0.2) is 82.2 Å². The standard InChI is InChI=1S/C37H39N3O17P2S/c41-21-8-11-24-27(17-21)55-28-18-22(42)9-12-25(28)32(24)23-10-7-20(16-26(23)36(46)47)38-31(60)6-4-2-1-3-5-15-53-58(49,50)57-59(51,52)54-19-29-33(44)34(45)35(56-29)40-14-13-30(43)39-37(40)48/h7-14,16-18,29,33-35,41,44-45H,1-6,15,19H2,(H,38,60)(H,46,47)(H,49,50)(H,51,52)(H,39,43,48)/t29-,33?,34+,35-/m1/s1. The van der Waals surface area contributed by atoms with Gasteiger partial charge in [0.05, 0.1) is 23.8 Å². The highest BCUT2D eigenvalue weighted by atomic mass is 32.1. The van der Waals surface area contributed by atoms with Crippen molar-refractivity contribution in [2.24, 2.45) is 0 Å². The summed E-state index contributed by atoms with van der Waals surface area (Å²) in [6.45, 7) is -1.22. The summed E-state index contributed by atoms with van der Waals surface area (Å²) in [4.78, 5) is 70.3. The van der Waals surface area contributed by atoms with Gasteiger partial charge in [-0.15, -0.1) is 0 Å². The van der Waals surface area contributed by atoms with E-state index in [4.69, 9.17) is 25.9 Å². The molecule has 8 N–H and O–H groups in total. The number of carbonyl (C=O) groups is 1. The summed E-state index contributed by atoms with van der Waals surface area (Å²) in [5, 5.41) is 44.4. The minimum Gasteiger partial charge on any atom is -0.508 e. The molecule has 1 fully saturated rings. The average Bonchev–Trinajstić information content (AvgIpc) is 3.45. The molecule has 320 valence electrons. The number of nitrogens with zero attached hydrogens (tertiary/aromatic N) is 1. The van der Waals surface area contributed by atoms with Crippen molar-refractivity contribution in [1.82, 2.24) is 9.55 Å². The van der Waals surface area contributed by atoms with Gasteiger partial charge in [0.2, 0.25) is 0 Å². The van der Waals surface area contributed by atoms with Crippen LogP contribution in [0.5, 0.6) is 5.75 Å². The fourth-order valence-corrected chi connectivity index (χ4v) is 8.93. The first-order chi connectivity index (χ1) is 28.4. The monoisotopic (exact) mass is 891 g/mol. The summed E-state index contributed by atoms with van der Waals surface area (Å²) < 4.78 is 50.5. The second-order valence-corrected chi connectivity index (χ2v) is 17.2. The molecule has 1 aliphatic carbocycles. The van der Waals surface area contributed by atoms with Gasteiger partial charge in [-0.25, -0.2) is 18.7 Å². The normalized spacial score (nSPS) is 19.9. The van der Waals surface area contributed by atoms with Crippen LogP contribution in [0.15, 0.2) is 85.7 Å². The van der Waals surface area contributed by atoms with E-state index in [1.165, 1.54) is 30.3 Å². The van der Waals surface area contributed by atoms with E-state index in [1.807, 2.05) is 4.98 Å². The zero-order valence-corrected chi connectivity index (χ0v) is 33.8. The molecule has 1 aromatic heterocycles. The number of phenolic OH excluding ortho intramolecular Hbond substituents is 1. The number of phenols is 1. The number of aliphatic hydroxyl groups excluding tert-OH is 2. The number of carboxylic acids is 1. The Balaban J connectivity index is 0.927. The Hall–Kier alpha value is -4.89. The quantitative estimate of drug-likeness (QED) is 0.0260. The average molecular weight is 892 g/mol. The van der Waals surface area contributed by atoms with E-state index in [0.717, 1.165) is 16.8 Å². The molecular weight excluding hydrogens is 852 g/mol. The number of carboxylic acid groups (broad SMARTS) is 1. The summed E-state index contributed by atoms with van der Waals surface area (Å²) in [5.41, 5.74) is 0.0667. The van der Waals surface area contributed by atoms with Crippen LogP contribution in [0.25, 0.3) is 33.4 Å². The fourth-order valence-electron chi connectivity index (χ4n) is 6.56. The number of phosphoric ester groups is 2. The molecule has 60 heavy (non-hydrogen) atoms. The Bertz CT molecular complexity index is 2650. The molecule has 1 saturated heterocycles. The number of phosphoric acid groups is 2. The van der Waals surface area contributed by atoms with Crippen LogP contribution in [0.1, 0.15) is 55.1 Å². The zero-order chi connectivity index (χ0) is 43.4. The lowest BCUT2D eigenvalue weighted by molar-refractivity contribution is -0.0543. The van der Waals surface area contributed by atoms with Gasteiger partial charge < -0.3 is 44.7 Å². The molecule has 0 radical (unpaired) electrons. The molecule has 20 nitrogen and oxygen atoms in total. The van der Waals surface area contributed by atoms with Crippen LogP contribution >= 0.6 is 27.9 Å². The van der Waals surface area contributed by atoms with E-state index in [0.29, 0.717) is 64.9 Å². The molecule has 2 aliphatic heterocycles. The second-order valence-electron chi connectivity index (χ2n) is 13.7. The third-order valence-corrected chi connectivity index (χ3v) is 12.3. The van der Waals surface area contributed by atoms with Crippen molar-refractivity contribution in [1.29, 1.82) is 0 Å². The van der Waals surface area contributed by atoms with E-state index in [-0.39, 0.29) is 41.1 Å². The number of unbranched alkanes of at least 4 members (excludes halogenated alkanes) is 4. The Morgan fingerprint density at radius 2 is 1.60 bits per heavy atom. The minimum absolute atomic E-state index is 0.0391. The van der Waals surface area contributed by atoms with Gasteiger partial charge >= 0.3 is 27.3 Å². The highest BCUT2D eigenvalue weighted by molar-refractivity contribution is 7.80. The lowest BCUT2D eigenvalue weighted by Gasteiger charge is -2.19. The number of rotatable bonds is 18. The number of aromatic amines is 1. The minimum atomic E-state index is -5.27. The smallest absolute Gasteiger partial charge is 0.481 e. The number of nitrogens with one attached hydrogen (secondary N) is 2. The second kappa shape index (κ2) is 18.8. The maximum atomic E-state index is 12.5. The predicted octanol–water partition coefficient (Wildman–Crippen LogP) is 4.47. The number of hydrogen-bond donors (Lipinski definition) is 8. The van der Waals surface area contributed by atoms with Crippen molar-refractivity contribution >= 4 is 55.5 Å². The molecule has 3 aromatic rings. The number of aromatic carboxylic acids is 1. The number of anilines is 1. The van der Waals surface area contributed by atoms with Crippen molar-refractivity contribution < 1.29 is 66.6 Å². The maximum absolute atomic E-state index is 12.5. The van der Waals surface area contributed by atoms with Gasteiger partial charge in [-0.05, 0) is 61.2 Å². The number of aliphatic hydroxyl groups is 2. The molecule has 0 amide bonds. The van der Waals surface area contributed by atoms with E-state index < -0.39 is 64.0 Å². The summed E-state index contributed by atoms with van der Waals surface area (Å²) in [6, 6.07) is 14.4. The Morgan fingerprint density at radius 3 is 2.35 bits per heavy atom. The van der Waals surface area contributed by atoms with Gasteiger partial charge in [-0.2, -0.15) is 4.31 Å². The largest absolute Gasteiger partial charge is 0.508 e. The molecule has 6 atom stereocenters. The first kappa shape index (κ1) is 44.7. The van der Waals surface area contributed by atoms with Crippen LogP contribution in [0, 0.1) is 0 Å². The highest BCUT2D eigenvalue weighted by Gasteiger charge is 2.46. The number of H-pyrrole nitrogens is 1. The van der Waals surface area contributed by atoms with Crippen molar-refractivity contribution in [3.8, 4) is 28.2 Å². The molecule has 2 aromatic carbocycles. The first-order valence-corrected chi connectivity index (χ1v) is 21.7. The van der Waals surface area contributed by atoms with E-state index >= 15 is 0 Å².